The van der Waals surface area contributed by atoms with E-state index in [1.165, 1.54) is 0 Å². The zero-order chi connectivity index (χ0) is 21.8. The summed E-state index contributed by atoms with van der Waals surface area (Å²) in [5, 5.41) is 3.52. The van der Waals surface area contributed by atoms with Crippen LogP contribution in [0, 0.1) is 0 Å². The number of carbonyl (C=O) groups excluding carboxylic acids is 2. The van der Waals surface area contributed by atoms with Gasteiger partial charge in [0.2, 0.25) is 5.91 Å². The van der Waals surface area contributed by atoms with Gasteiger partial charge < -0.3 is 14.5 Å². The molecule has 3 heterocycles. The molecule has 1 atom stereocenters. The quantitative estimate of drug-likeness (QED) is 0.652. The molecule has 31 heavy (non-hydrogen) atoms. The van der Waals surface area contributed by atoms with Gasteiger partial charge in [-0.2, -0.15) is 0 Å². The molecule has 0 spiro atoms. The SMILES string of the molecule is COCC1CCCN1C(=O)c1csc(C2CCN(C(=O)Cc3ccccc3Cl)CC2)n1. The second-order valence-electron chi connectivity index (χ2n) is 8.24. The molecular weight excluding hydrogens is 434 g/mol. The molecule has 2 aliphatic heterocycles. The van der Waals surface area contributed by atoms with E-state index in [2.05, 4.69) is 4.98 Å². The number of hydrogen-bond acceptors (Lipinski definition) is 5. The number of rotatable bonds is 6. The zero-order valence-corrected chi connectivity index (χ0v) is 19.3. The zero-order valence-electron chi connectivity index (χ0n) is 17.8. The molecule has 8 heteroatoms. The summed E-state index contributed by atoms with van der Waals surface area (Å²) in [4.78, 5) is 34.1. The van der Waals surface area contributed by atoms with E-state index in [1.54, 1.807) is 18.4 Å². The van der Waals surface area contributed by atoms with Gasteiger partial charge in [0, 0.05) is 43.1 Å². The molecule has 1 unspecified atom stereocenters. The molecule has 1 aromatic carbocycles. The summed E-state index contributed by atoms with van der Waals surface area (Å²) in [5.74, 6) is 0.415. The van der Waals surface area contributed by atoms with E-state index in [0.717, 1.165) is 42.8 Å². The predicted octanol–water partition coefficient (Wildman–Crippen LogP) is 4.00. The average Bonchev–Trinajstić information content (AvgIpc) is 3.45. The van der Waals surface area contributed by atoms with E-state index in [9.17, 15) is 9.59 Å². The molecule has 2 fully saturated rings. The Bertz CT molecular complexity index is 926. The van der Waals surface area contributed by atoms with E-state index in [4.69, 9.17) is 16.3 Å². The maximum absolute atomic E-state index is 12.9. The summed E-state index contributed by atoms with van der Waals surface area (Å²) in [6.45, 7) is 2.76. The Morgan fingerprint density at radius 1 is 1.19 bits per heavy atom. The molecule has 0 aliphatic carbocycles. The van der Waals surface area contributed by atoms with Crippen molar-refractivity contribution in [3.8, 4) is 0 Å². The number of nitrogens with zero attached hydrogens (tertiary/aromatic N) is 3. The van der Waals surface area contributed by atoms with Gasteiger partial charge in [0.15, 0.2) is 0 Å². The van der Waals surface area contributed by atoms with Crippen molar-refractivity contribution in [3.63, 3.8) is 0 Å². The van der Waals surface area contributed by atoms with E-state index >= 15 is 0 Å². The third-order valence-electron chi connectivity index (χ3n) is 6.23. The summed E-state index contributed by atoms with van der Waals surface area (Å²) in [6.07, 6.45) is 4.06. The fourth-order valence-corrected chi connectivity index (χ4v) is 5.65. The Hall–Kier alpha value is -1.96. The first kappa shape index (κ1) is 22.2. The van der Waals surface area contributed by atoms with Crippen LogP contribution in [0.3, 0.4) is 0 Å². The number of ether oxygens (including phenoxy) is 1. The highest BCUT2D eigenvalue weighted by molar-refractivity contribution is 7.09. The molecule has 4 rings (SSSR count). The van der Waals surface area contributed by atoms with Crippen molar-refractivity contribution >= 4 is 34.8 Å². The van der Waals surface area contributed by atoms with Gasteiger partial charge in [0.05, 0.1) is 24.1 Å². The maximum atomic E-state index is 12.9. The molecule has 0 saturated carbocycles. The van der Waals surface area contributed by atoms with Crippen LogP contribution in [-0.4, -0.2) is 66.0 Å². The number of aromatic nitrogens is 1. The standard InChI is InChI=1S/C23H28ClN3O3S/c1-30-14-18-6-4-10-27(18)23(29)20-15-31-22(25-20)16-8-11-26(12-9-16)21(28)13-17-5-2-3-7-19(17)24/h2-3,5,7,15-16,18H,4,6,8-14H2,1H3. The molecule has 0 radical (unpaired) electrons. The van der Waals surface area contributed by atoms with Gasteiger partial charge >= 0.3 is 0 Å². The third-order valence-corrected chi connectivity index (χ3v) is 7.61. The highest BCUT2D eigenvalue weighted by Crippen LogP contribution is 2.31. The van der Waals surface area contributed by atoms with Crippen LogP contribution in [0.15, 0.2) is 29.6 Å². The summed E-state index contributed by atoms with van der Waals surface area (Å²) in [5.41, 5.74) is 1.41. The number of carbonyl (C=O) groups is 2. The Morgan fingerprint density at radius 3 is 2.71 bits per heavy atom. The minimum atomic E-state index is 0.00871. The average molecular weight is 462 g/mol. The lowest BCUT2D eigenvalue weighted by Crippen LogP contribution is -2.39. The van der Waals surface area contributed by atoms with Crippen LogP contribution in [-0.2, 0) is 16.0 Å². The van der Waals surface area contributed by atoms with E-state index in [1.807, 2.05) is 39.4 Å². The number of benzene rings is 1. The Labute approximate surface area is 192 Å². The lowest BCUT2D eigenvalue weighted by Gasteiger charge is -2.31. The highest BCUT2D eigenvalue weighted by atomic mass is 35.5. The molecule has 2 amide bonds. The Balaban J connectivity index is 1.32. The second kappa shape index (κ2) is 10.1. The van der Waals surface area contributed by atoms with Crippen LogP contribution < -0.4 is 0 Å². The van der Waals surface area contributed by atoms with Crippen LogP contribution >= 0.6 is 22.9 Å². The molecule has 2 aromatic rings. The minimum Gasteiger partial charge on any atom is -0.383 e. The summed E-state index contributed by atoms with van der Waals surface area (Å²) < 4.78 is 5.26. The van der Waals surface area contributed by atoms with Crippen LogP contribution in [0.5, 0.6) is 0 Å². The topological polar surface area (TPSA) is 62.7 Å². The van der Waals surface area contributed by atoms with Crippen molar-refractivity contribution in [2.45, 2.75) is 44.1 Å². The number of piperidine rings is 1. The monoisotopic (exact) mass is 461 g/mol. The number of thiazole rings is 1. The largest absolute Gasteiger partial charge is 0.383 e. The fraction of sp³-hybridized carbons (Fsp3) is 0.522. The first-order chi connectivity index (χ1) is 15.1. The van der Waals surface area contributed by atoms with Gasteiger partial charge in [-0.05, 0) is 37.3 Å². The molecule has 6 nitrogen and oxygen atoms in total. The third kappa shape index (κ3) is 5.10. The first-order valence-corrected chi connectivity index (χ1v) is 12.1. The summed E-state index contributed by atoms with van der Waals surface area (Å²) >= 11 is 7.76. The highest BCUT2D eigenvalue weighted by Gasteiger charge is 2.32. The Morgan fingerprint density at radius 2 is 1.97 bits per heavy atom. The number of likely N-dealkylation sites (tertiary alicyclic amines) is 2. The van der Waals surface area contributed by atoms with Gasteiger partial charge in [-0.1, -0.05) is 29.8 Å². The van der Waals surface area contributed by atoms with E-state index in [-0.39, 0.29) is 17.9 Å². The molecular formula is C23H28ClN3O3S. The maximum Gasteiger partial charge on any atom is 0.273 e. The number of amides is 2. The van der Waals surface area contributed by atoms with E-state index < -0.39 is 0 Å². The molecule has 1 aromatic heterocycles. The van der Waals surface area contributed by atoms with Gasteiger partial charge in [-0.25, -0.2) is 4.98 Å². The number of halogens is 1. The number of methoxy groups -OCH3 is 1. The van der Waals surface area contributed by atoms with Crippen LogP contribution in [0.4, 0.5) is 0 Å². The van der Waals surface area contributed by atoms with Crippen molar-refractivity contribution in [3.05, 3.63) is 50.9 Å². The lowest BCUT2D eigenvalue weighted by molar-refractivity contribution is -0.131. The molecule has 2 saturated heterocycles. The van der Waals surface area contributed by atoms with Gasteiger partial charge in [-0.15, -0.1) is 11.3 Å². The van der Waals surface area contributed by atoms with Gasteiger partial charge in [-0.3, -0.25) is 9.59 Å². The van der Waals surface area contributed by atoms with Crippen molar-refractivity contribution in [2.75, 3.05) is 33.4 Å². The van der Waals surface area contributed by atoms with Gasteiger partial charge in [0.1, 0.15) is 5.69 Å². The predicted molar refractivity (Wildman–Crippen MR) is 122 cm³/mol. The van der Waals surface area contributed by atoms with Crippen LogP contribution in [0.1, 0.15) is 52.7 Å². The first-order valence-electron chi connectivity index (χ1n) is 10.8. The Kier molecular flexibility index (Phi) is 7.25. The molecule has 0 N–H and O–H groups in total. The van der Waals surface area contributed by atoms with Gasteiger partial charge in [0.25, 0.3) is 5.91 Å². The molecule has 2 aliphatic rings. The van der Waals surface area contributed by atoms with Crippen LogP contribution in [0.25, 0.3) is 0 Å². The van der Waals surface area contributed by atoms with E-state index in [0.29, 0.717) is 42.8 Å². The van der Waals surface area contributed by atoms with Crippen molar-refractivity contribution < 1.29 is 14.3 Å². The van der Waals surface area contributed by atoms with Crippen LogP contribution in [0.2, 0.25) is 5.02 Å². The van der Waals surface area contributed by atoms with Crippen molar-refractivity contribution in [2.24, 2.45) is 0 Å². The minimum absolute atomic E-state index is 0.00871. The molecule has 166 valence electrons. The van der Waals surface area contributed by atoms with Crippen molar-refractivity contribution in [1.29, 1.82) is 0 Å². The second-order valence-corrected chi connectivity index (χ2v) is 9.54. The molecule has 0 bridgehead atoms. The smallest absolute Gasteiger partial charge is 0.273 e. The fourth-order valence-electron chi connectivity index (χ4n) is 4.48. The van der Waals surface area contributed by atoms with Crippen molar-refractivity contribution in [1.82, 2.24) is 14.8 Å². The lowest BCUT2D eigenvalue weighted by atomic mass is 9.97. The normalized spacial score (nSPS) is 19.7. The summed E-state index contributed by atoms with van der Waals surface area (Å²) in [7, 11) is 1.67. The summed E-state index contributed by atoms with van der Waals surface area (Å²) in [6, 6.07) is 7.64. The number of hydrogen-bond donors (Lipinski definition) is 0.